The lowest BCUT2D eigenvalue weighted by atomic mass is 10.1. The molecule has 4 aromatic rings. The lowest BCUT2D eigenvalue weighted by Gasteiger charge is -2.12. The number of hydrogen-bond acceptors (Lipinski definition) is 6. The van der Waals surface area contributed by atoms with Crippen molar-refractivity contribution >= 4 is 22.8 Å². The summed E-state index contributed by atoms with van der Waals surface area (Å²) in [6.07, 6.45) is 0. The summed E-state index contributed by atoms with van der Waals surface area (Å²) < 4.78 is 7.71. The predicted molar refractivity (Wildman–Crippen MR) is 123 cm³/mol. The number of nitrogens with zero attached hydrogens (tertiary/aromatic N) is 4. The van der Waals surface area contributed by atoms with Gasteiger partial charge in [-0.25, -0.2) is 14.8 Å². The smallest absolute Gasteiger partial charge is 0.332 e. The largest absolute Gasteiger partial charge is 0.497 e. The molecule has 0 atom stereocenters. The van der Waals surface area contributed by atoms with Gasteiger partial charge in [0.1, 0.15) is 16.2 Å². The summed E-state index contributed by atoms with van der Waals surface area (Å²) in [5, 5.41) is 0.899. The zero-order valence-corrected chi connectivity index (χ0v) is 18.6. The van der Waals surface area contributed by atoms with E-state index in [9.17, 15) is 9.59 Å². The van der Waals surface area contributed by atoms with Crippen molar-refractivity contribution in [2.45, 2.75) is 17.7 Å². The Morgan fingerprint density at radius 2 is 1.68 bits per heavy atom. The first-order chi connectivity index (χ1) is 14.9. The van der Waals surface area contributed by atoms with E-state index < -0.39 is 11.2 Å². The molecule has 2 aromatic carbocycles. The second-order valence-corrected chi connectivity index (χ2v) is 8.16. The van der Waals surface area contributed by atoms with Crippen molar-refractivity contribution in [1.29, 1.82) is 0 Å². The predicted octanol–water partition coefficient (Wildman–Crippen LogP) is 3.30. The van der Waals surface area contributed by atoms with Crippen LogP contribution in [0, 0.1) is 6.92 Å². The van der Waals surface area contributed by atoms with Gasteiger partial charge in [-0.1, -0.05) is 24.3 Å². The molecule has 2 aromatic heterocycles. The first-order valence-electron chi connectivity index (χ1n) is 9.70. The highest BCUT2D eigenvalue weighted by atomic mass is 32.2. The summed E-state index contributed by atoms with van der Waals surface area (Å²) >= 11 is 1.47. The number of fused-ring (bicyclic) bond motifs is 1. The standard InChI is InChI=1S/C23H22N4O3S/c1-14-7-5-6-8-16(14)13-31-21-18-20(26(2)23(29)27(3)22(18)28)24-19(25-21)15-9-11-17(30-4)12-10-15/h5-12H,13H2,1-4H3. The van der Waals surface area contributed by atoms with Crippen molar-refractivity contribution in [1.82, 2.24) is 19.1 Å². The van der Waals surface area contributed by atoms with Gasteiger partial charge >= 0.3 is 5.69 Å². The van der Waals surface area contributed by atoms with E-state index in [1.165, 1.54) is 28.9 Å². The number of aryl methyl sites for hydroxylation is 2. The van der Waals surface area contributed by atoms with Crippen LogP contribution in [0.1, 0.15) is 11.1 Å². The van der Waals surface area contributed by atoms with Gasteiger partial charge in [-0.3, -0.25) is 13.9 Å². The lowest BCUT2D eigenvalue weighted by Crippen LogP contribution is -2.37. The molecule has 0 spiro atoms. The molecule has 0 aliphatic carbocycles. The van der Waals surface area contributed by atoms with Crippen LogP contribution in [0.5, 0.6) is 5.75 Å². The van der Waals surface area contributed by atoms with Gasteiger partial charge in [0.15, 0.2) is 11.5 Å². The average molecular weight is 435 g/mol. The van der Waals surface area contributed by atoms with Crippen molar-refractivity contribution in [3.8, 4) is 17.1 Å². The van der Waals surface area contributed by atoms with E-state index in [-0.39, 0.29) is 0 Å². The fraction of sp³-hybridized carbons (Fsp3) is 0.217. The number of aromatic nitrogens is 4. The van der Waals surface area contributed by atoms with Gasteiger partial charge in [0.2, 0.25) is 0 Å². The minimum absolute atomic E-state index is 0.321. The third-order valence-corrected chi connectivity index (χ3v) is 6.26. The van der Waals surface area contributed by atoms with E-state index in [2.05, 4.69) is 24.0 Å². The monoisotopic (exact) mass is 434 g/mol. The number of methoxy groups -OCH3 is 1. The van der Waals surface area contributed by atoms with E-state index in [4.69, 9.17) is 9.72 Å². The quantitative estimate of drug-likeness (QED) is 0.354. The second kappa shape index (κ2) is 8.39. The Hall–Kier alpha value is -3.39. The van der Waals surface area contributed by atoms with Crippen molar-refractivity contribution < 1.29 is 4.74 Å². The van der Waals surface area contributed by atoms with Crippen molar-refractivity contribution in [2.75, 3.05) is 7.11 Å². The molecule has 2 heterocycles. The zero-order chi connectivity index (χ0) is 22.1. The molecule has 0 saturated carbocycles. The van der Waals surface area contributed by atoms with Crippen molar-refractivity contribution in [2.24, 2.45) is 14.1 Å². The molecular weight excluding hydrogens is 412 g/mol. The fourth-order valence-electron chi connectivity index (χ4n) is 3.32. The summed E-state index contributed by atoms with van der Waals surface area (Å²) in [4.78, 5) is 34.8. The molecule has 0 unspecified atom stereocenters. The first-order valence-corrected chi connectivity index (χ1v) is 10.7. The van der Waals surface area contributed by atoms with E-state index in [0.717, 1.165) is 21.4 Å². The van der Waals surface area contributed by atoms with Crippen LogP contribution in [-0.2, 0) is 19.8 Å². The molecule has 0 bridgehead atoms. The third kappa shape index (κ3) is 3.86. The molecule has 0 amide bonds. The van der Waals surface area contributed by atoms with Crippen LogP contribution in [0.4, 0.5) is 0 Å². The molecule has 4 rings (SSSR count). The maximum Gasteiger partial charge on any atom is 0.332 e. The van der Waals surface area contributed by atoms with Crippen LogP contribution in [0.15, 0.2) is 63.1 Å². The number of rotatable bonds is 5. The molecular formula is C23H22N4O3S. The summed E-state index contributed by atoms with van der Waals surface area (Å²) in [7, 11) is 4.69. The fourth-order valence-corrected chi connectivity index (χ4v) is 4.41. The van der Waals surface area contributed by atoms with Crippen LogP contribution in [0.2, 0.25) is 0 Å². The van der Waals surface area contributed by atoms with Crippen molar-refractivity contribution in [3.63, 3.8) is 0 Å². The highest BCUT2D eigenvalue weighted by Gasteiger charge is 2.18. The number of hydrogen-bond donors (Lipinski definition) is 0. The van der Waals surface area contributed by atoms with E-state index in [1.54, 1.807) is 14.2 Å². The van der Waals surface area contributed by atoms with E-state index in [0.29, 0.717) is 27.6 Å². The molecule has 0 fully saturated rings. The Bertz CT molecular complexity index is 1390. The summed E-state index contributed by atoms with van der Waals surface area (Å²) in [6.45, 7) is 2.06. The van der Waals surface area contributed by atoms with Gasteiger partial charge in [0.05, 0.1) is 7.11 Å². The van der Waals surface area contributed by atoms with Crippen LogP contribution in [0.3, 0.4) is 0 Å². The Morgan fingerprint density at radius 3 is 2.35 bits per heavy atom. The van der Waals surface area contributed by atoms with E-state index >= 15 is 0 Å². The van der Waals surface area contributed by atoms with Gasteiger partial charge in [0.25, 0.3) is 5.56 Å². The van der Waals surface area contributed by atoms with Gasteiger partial charge in [-0.05, 0) is 42.3 Å². The Labute approximate surface area is 183 Å². The average Bonchev–Trinajstić information content (AvgIpc) is 2.80. The van der Waals surface area contributed by atoms with Gasteiger partial charge in [-0.15, -0.1) is 11.8 Å². The van der Waals surface area contributed by atoms with Crippen LogP contribution >= 0.6 is 11.8 Å². The summed E-state index contributed by atoms with van der Waals surface area (Å²) in [6, 6.07) is 15.5. The lowest BCUT2D eigenvalue weighted by molar-refractivity contribution is 0.415. The zero-order valence-electron chi connectivity index (χ0n) is 17.7. The van der Waals surface area contributed by atoms with E-state index in [1.807, 2.05) is 36.4 Å². The maximum absolute atomic E-state index is 13.0. The summed E-state index contributed by atoms with van der Waals surface area (Å²) in [5.41, 5.74) is 2.60. The number of thioether (sulfide) groups is 1. The highest BCUT2D eigenvalue weighted by Crippen LogP contribution is 2.29. The molecule has 158 valence electrons. The van der Waals surface area contributed by atoms with Crippen LogP contribution < -0.4 is 16.0 Å². The minimum atomic E-state index is -0.424. The molecule has 0 N–H and O–H groups in total. The van der Waals surface area contributed by atoms with Gasteiger partial charge < -0.3 is 4.74 Å². The minimum Gasteiger partial charge on any atom is -0.497 e. The molecule has 0 saturated heterocycles. The molecule has 31 heavy (non-hydrogen) atoms. The highest BCUT2D eigenvalue weighted by molar-refractivity contribution is 7.98. The topological polar surface area (TPSA) is 79.0 Å². The van der Waals surface area contributed by atoms with Crippen molar-refractivity contribution in [3.05, 3.63) is 80.5 Å². The molecule has 0 radical (unpaired) electrons. The van der Waals surface area contributed by atoms with Crippen LogP contribution in [0.25, 0.3) is 22.4 Å². The Morgan fingerprint density at radius 1 is 0.968 bits per heavy atom. The van der Waals surface area contributed by atoms with Gasteiger partial charge in [0, 0.05) is 25.4 Å². The van der Waals surface area contributed by atoms with Gasteiger partial charge in [-0.2, -0.15) is 0 Å². The maximum atomic E-state index is 13.0. The molecule has 7 nitrogen and oxygen atoms in total. The number of benzene rings is 2. The second-order valence-electron chi connectivity index (χ2n) is 7.20. The first kappa shape index (κ1) is 20.9. The summed E-state index contributed by atoms with van der Waals surface area (Å²) in [5.74, 6) is 1.82. The SMILES string of the molecule is COc1ccc(-c2nc(SCc3ccccc3C)c3c(=O)n(C)c(=O)n(C)c3n2)cc1. The molecule has 0 aliphatic rings. The Kier molecular flexibility index (Phi) is 5.65. The van der Waals surface area contributed by atoms with Crippen LogP contribution in [-0.4, -0.2) is 26.2 Å². The number of ether oxygens (including phenoxy) is 1. The molecule has 0 aliphatic heterocycles. The normalized spacial score (nSPS) is 11.1. The molecule has 8 heteroatoms. The third-order valence-electron chi connectivity index (χ3n) is 5.24. The Balaban J connectivity index is 1.91.